The lowest BCUT2D eigenvalue weighted by Gasteiger charge is -2.16. The molecule has 0 aliphatic heterocycles. The fourth-order valence-electron chi connectivity index (χ4n) is 4.00. The summed E-state index contributed by atoms with van der Waals surface area (Å²) in [6, 6.07) is 12.7. The van der Waals surface area contributed by atoms with Crippen LogP contribution < -0.4 is 20.1 Å². The Bertz CT molecular complexity index is 1480. The number of aromatic nitrogens is 5. The van der Waals surface area contributed by atoms with Gasteiger partial charge in [-0.3, -0.25) is 4.79 Å². The van der Waals surface area contributed by atoms with Gasteiger partial charge in [-0.1, -0.05) is 6.07 Å². The van der Waals surface area contributed by atoms with E-state index in [0.717, 1.165) is 11.1 Å². The van der Waals surface area contributed by atoms with Crippen molar-refractivity contribution >= 4 is 17.5 Å². The van der Waals surface area contributed by atoms with Crippen LogP contribution in [-0.2, 0) is 6.54 Å². The molecule has 1 unspecified atom stereocenters. The Labute approximate surface area is 225 Å². The van der Waals surface area contributed by atoms with Gasteiger partial charge in [0.05, 0.1) is 24.9 Å². The third kappa shape index (κ3) is 6.48. The number of amides is 1. The minimum absolute atomic E-state index is 0.120. The number of benzene rings is 2. The third-order valence-electron chi connectivity index (χ3n) is 6.28. The first-order chi connectivity index (χ1) is 19.0. The molecule has 2 N–H and O–H groups in total. The average Bonchev–Trinajstić information content (AvgIpc) is 3.65. The van der Waals surface area contributed by atoms with Crippen molar-refractivity contribution in [1.29, 1.82) is 5.26 Å². The molecule has 1 amide bonds. The SMILES string of the molecule is COc1cc(C(=O)NCC2CC2)ccc1Nc1ncc(-c2ccc(C#N)c(OC(C)Cn3cncn3)c2)cn1. The minimum atomic E-state index is -0.234. The van der Waals surface area contributed by atoms with Crippen LogP contribution in [0.25, 0.3) is 11.1 Å². The molecule has 0 radical (unpaired) electrons. The number of carbonyl (C=O) groups is 1. The molecular formula is C28H28N8O3. The van der Waals surface area contributed by atoms with Crippen LogP contribution >= 0.6 is 0 Å². The van der Waals surface area contributed by atoms with Crippen molar-refractivity contribution in [1.82, 2.24) is 30.0 Å². The van der Waals surface area contributed by atoms with Gasteiger partial charge in [-0.2, -0.15) is 10.4 Å². The summed E-state index contributed by atoms with van der Waals surface area (Å²) in [6.07, 6.45) is 8.57. The molecule has 2 aromatic heterocycles. The second-order valence-electron chi connectivity index (χ2n) is 9.36. The summed E-state index contributed by atoms with van der Waals surface area (Å²) in [5.74, 6) is 1.83. The number of rotatable bonds is 11. The van der Waals surface area contributed by atoms with Gasteiger partial charge < -0.3 is 20.1 Å². The van der Waals surface area contributed by atoms with Gasteiger partial charge in [0.1, 0.15) is 36.3 Å². The highest BCUT2D eigenvalue weighted by Gasteiger charge is 2.22. The van der Waals surface area contributed by atoms with Crippen LogP contribution in [0, 0.1) is 17.2 Å². The number of hydrogen-bond donors (Lipinski definition) is 2. The van der Waals surface area contributed by atoms with E-state index in [1.165, 1.54) is 19.2 Å². The molecule has 0 spiro atoms. The molecule has 11 nitrogen and oxygen atoms in total. The predicted octanol–water partition coefficient (Wildman–Crippen LogP) is 3.97. The predicted molar refractivity (Wildman–Crippen MR) is 144 cm³/mol. The molecule has 198 valence electrons. The minimum Gasteiger partial charge on any atom is -0.495 e. The molecule has 1 fully saturated rings. The maximum absolute atomic E-state index is 12.4. The molecule has 0 bridgehead atoms. The topological polar surface area (TPSA) is 140 Å². The van der Waals surface area contributed by atoms with Crippen LogP contribution in [0.2, 0.25) is 0 Å². The number of nitrogens with zero attached hydrogens (tertiary/aromatic N) is 6. The Balaban J connectivity index is 1.27. The summed E-state index contributed by atoms with van der Waals surface area (Å²) in [5.41, 5.74) is 3.17. The second kappa shape index (κ2) is 11.6. The van der Waals surface area contributed by atoms with E-state index >= 15 is 0 Å². The molecule has 1 aliphatic rings. The summed E-state index contributed by atoms with van der Waals surface area (Å²) < 4.78 is 13.2. The Morgan fingerprint density at radius 3 is 2.67 bits per heavy atom. The molecule has 2 aromatic carbocycles. The van der Waals surface area contributed by atoms with E-state index in [4.69, 9.17) is 9.47 Å². The summed E-state index contributed by atoms with van der Waals surface area (Å²) >= 11 is 0. The van der Waals surface area contributed by atoms with Crippen molar-refractivity contribution in [3.63, 3.8) is 0 Å². The zero-order chi connectivity index (χ0) is 27.2. The van der Waals surface area contributed by atoms with Crippen molar-refractivity contribution in [3.05, 3.63) is 72.6 Å². The van der Waals surface area contributed by atoms with Gasteiger partial charge in [0.25, 0.3) is 5.91 Å². The van der Waals surface area contributed by atoms with Gasteiger partial charge in [-0.15, -0.1) is 0 Å². The number of carbonyl (C=O) groups excluding carboxylic acids is 1. The Morgan fingerprint density at radius 1 is 1.15 bits per heavy atom. The van der Waals surface area contributed by atoms with E-state index in [-0.39, 0.29) is 12.0 Å². The average molecular weight is 525 g/mol. The van der Waals surface area contributed by atoms with Crippen LogP contribution in [0.15, 0.2) is 61.4 Å². The Hall–Kier alpha value is -4.98. The first kappa shape index (κ1) is 25.7. The molecule has 2 heterocycles. The molecule has 39 heavy (non-hydrogen) atoms. The van der Waals surface area contributed by atoms with Crippen LogP contribution in [0.4, 0.5) is 11.6 Å². The van der Waals surface area contributed by atoms with Gasteiger partial charge in [0, 0.05) is 30.1 Å². The molecule has 1 saturated carbocycles. The number of methoxy groups -OCH3 is 1. The molecule has 0 saturated heterocycles. The van der Waals surface area contributed by atoms with Gasteiger partial charge in [-0.25, -0.2) is 19.6 Å². The largest absolute Gasteiger partial charge is 0.495 e. The summed E-state index contributed by atoms with van der Waals surface area (Å²) in [4.78, 5) is 25.3. The first-order valence-electron chi connectivity index (χ1n) is 12.6. The van der Waals surface area contributed by atoms with Crippen molar-refractivity contribution in [2.45, 2.75) is 32.4 Å². The molecule has 4 aromatic rings. The second-order valence-corrected chi connectivity index (χ2v) is 9.36. The summed E-state index contributed by atoms with van der Waals surface area (Å²) in [6.45, 7) is 3.10. The molecule has 5 rings (SSSR count). The van der Waals surface area contributed by atoms with E-state index in [2.05, 4.69) is 36.8 Å². The van der Waals surface area contributed by atoms with Crippen LogP contribution in [0.3, 0.4) is 0 Å². The molecule has 1 atom stereocenters. The lowest BCUT2D eigenvalue weighted by molar-refractivity contribution is 0.0951. The smallest absolute Gasteiger partial charge is 0.251 e. The lowest BCUT2D eigenvalue weighted by Crippen LogP contribution is -2.25. The standard InChI is InChI=1S/C28H28N8O3/c1-18(15-36-17-30-16-34-36)39-25-9-20(5-6-22(25)11-29)23-13-32-28(33-14-23)35-24-8-7-21(10-26(24)38-2)27(37)31-12-19-3-4-19/h5-10,13-14,16-19H,3-4,12,15H2,1-2H3,(H,31,37)(H,32,33,35). The molecule has 11 heteroatoms. The van der Waals surface area contributed by atoms with Gasteiger partial charge in [0.2, 0.25) is 5.95 Å². The van der Waals surface area contributed by atoms with Crippen molar-refractivity contribution in [2.24, 2.45) is 5.92 Å². The van der Waals surface area contributed by atoms with E-state index in [1.54, 1.807) is 60.8 Å². The van der Waals surface area contributed by atoms with E-state index in [1.807, 2.05) is 13.0 Å². The Morgan fingerprint density at radius 2 is 1.97 bits per heavy atom. The number of hydrogen-bond acceptors (Lipinski definition) is 9. The summed E-state index contributed by atoms with van der Waals surface area (Å²) in [7, 11) is 1.55. The van der Waals surface area contributed by atoms with Gasteiger partial charge in [0.15, 0.2) is 0 Å². The highest BCUT2D eigenvalue weighted by molar-refractivity contribution is 5.95. The number of nitrogens with one attached hydrogen (secondary N) is 2. The maximum atomic E-state index is 12.4. The van der Waals surface area contributed by atoms with E-state index in [0.29, 0.717) is 53.3 Å². The normalized spacial score (nSPS) is 13.3. The van der Waals surface area contributed by atoms with E-state index in [9.17, 15) is 10.1 Å². The third-order valence-corrected chi connectivity index (χ3v) is 6.28. The molecule has 1 aliphatic carbocycles. The lowest BCUT2D eigenvalue weighted by atomic mass is 10.1. The van der Waals surface area contributed by atoms with Crippen LogP contribution in [0.1, 0.15) is 35.7 Å². The zero-order valence-electron chi connectivity index (χ0n) is 21.7. The monoisotopic (exact) mass is 524 g/mol. The fraction of sp³-hybridized carbons (Fsp3) is 0.286. The van der Waals surface area contributed by atoms with Crippen molar-refractivity contribution in [2.75, 3.05) is 19.0 Å². The van der Waals surface area contributed by atoms with Crippen molar-refractivity contribution in [3.8, 4) is 28.7 Å². The van der Waals surface area contributed by atoms with Crippen LogP contribution in [0.5, 0.6) is 11.5 Å². The number of anilines is 2. The fourth-order valence-corrected chi connectivity index (χ4v) is 4.00. The van der Waals surface area contributed by atoms with Gasteiger partial charge in [-0.05, 0) is 61.6 Å². The summed E-state index contributed by atoms with van der Waals surface area (Å²) in [5, 5.41) is 19.7. The quantitative estimate of drug-likeness (QED) is 0.298. The first-order valence-corrected chi connectivity index (χ1v) is 12.6. The van der Waals surface area contributed by atoms with Gasteiger partial charge >= 0.3 is 0 Å². The van der Waals surface area contributed by atoms with Crippen molar-refractivity contribution < 1.29 is 14.3 Å². The Kier molecular flexibility index (Phi) is 7.63. The van der Waals surface area contributed by atoms with Crippen LogP contribution in [-0.4, -0.2) is 50.4 Å². The maximum Gasteiger partial charge on any atom is 0.251 e. The highest BCUT2D eigenvalue weighted by Crippen LogP contribution is 2.31. The number of nitriles is 1. The highest BCUT2D eigenvalue weighted by atomic mass is 16.5. The zero-order valence-corrected chi connectivity index (χ0v) is 21.7. The molecular weight excluding hydrogens is 496 g/mol. The number of ether oxygens (including phenoxy) is 2. The van der Waals surface area contributed by atoms with E-state index < -0.39 is 0 Å².